The van der Waals surface area contributed by atoms with Gasteiger partial charge in [-0.05, 0) is 18.9 Å². The second kappa shape index (κ2) is 3.94. The third-order valence-electron chi connectivity index (χ3n) is 1.38. The Hall–Kier alpha value is -0.980. The van der Waals surface area contributed by atoms with Gasteiger partial charge < -0.3 is 5.73 Å². The molecule has 0 saturated carbocycles. The molecule has 0 heterocycles. The van der Waals surface area contributed by atoms with Gasteiger partial charge in [-0.15, -0.1) is 0 Å². The topological polar surface area (TPSA) is 26.0 Å². The summed E-state index contributed by atoms with van der Waals surface area (Å²) in [4.78, 5) is 0. The maximum atomic E-state index is 5.44. The largest absolute Gasteiger partial charge is 0.399 e. The second-order valence-corrected chi connectivity index (χ2v) is 2.36. The Balaban J connectivity index is 4.16. The van der Waals surface area contributed by atoms with Gasteiger partial charge in [0.1, 0.15) is 0 Å². The summed E-state index contributed by atoms with van der Waals surface area (Å²) in [6.45, 7) is 11.4. The molecular formula is C9H15N. The van der Waals surface area contributed by atoms with E-state index in [9.17, 15) is 0 Å². The highest BCUT2D eigenvalue weighted by molar-refractivity contribution is 5.30. The minimum absolute atomic E-state index is 0.620. The van der Waals surface area contributed by atoms with Crippen molar-refractivity contribution in [3.05, 3.63) is 36.1 Å². The van der Waals surface area contributed by atoms with Crippen molar-refractivity contribution in [2.75, 3.05) is 0 Å². The molecule has 0 atom stereocenters. The fraction of sp³-hybridized carbons (Fsp3) is 0.333. The average Bonchev–Trinajstić information content (AvgIpc) is 1.87. The maximum absolute atomic E-state index is 5.44. The summed E-state index contributed by atoms with van der Waals surface area (Å²) in [5.41, 5.74) is 8.15. The first kappa shape index (κ1) is 9.02. The zero-order chi connectivity index (χ0) is 8.15. The van der Waals surface area contributed by atoms with Gasteiger partial charge in [-0.2, -0.15) is 0 Å². The average molecular weight is 137 g/mol. The van der Waals surface area contributed by atoms with E-state index in [-0.39, 0.29) is 0 Å². The Bertz CT molecular complexity index is 175. The van der Waals surface area contributed by atoms with Crippen LogP contribution in [0.15, 0.2) is 36.1 Å². The van der Waals surface area contributed by atoms with Gasteiger partial charge in [0.25, 0.3) is 0 Å². The zero-order valence-electron chi connectivity index (χ0n) is 6.78. The SMILES string of the molecule is C=C(/C=C(/C)C(=C)N)CC. The number of nitrogens with two attached hydrogens (primary N) is 1. The Morgan fingerprint density at radius 1 is 1.50 bits per heavy atom. The molecule has 56 valence electrons. The Morgan fingerprint density at radius 3 is 2.30 bits per heavy atom. The van der Waals surface area contributed by atoms with Gasteiger partial charge in [0, 0.05) is 5.70 Å². The lowest BCUT2D eigenvalue weighted by Crippen LogP contribution is -1.95. The number of hydrogen-bond donors (Lipinski definition) is 1. The van der Waals surface area contributed by atoms with Crippen molar-refractivity contribution in [3.63, 3.8) is 0 Å². The van der Waals surface area contributed by atoms with E-state index in [0.29, 0.717) is 5.70 Å². The van der Waals surface area contributed by atoms with Crippen LogP contribution in [-0.2, 0) is 0 Å². The molecule has 0 bridgehead atoms. The lowest BCUT2D eigenvalue weighted by atomic mass is 10.1. The molecule has 0 aliphatic carbocycles. The second-order valence-electron chi connectivity index (χ2n) is 2.36. The van der Waals surface area contributed by atoms with Crippen LogP contribution in [0.25, 0.3) is 0 Å². The molecule has 2 N–H and O–H groups in total. The van der Waals surface area contributed by atoms with E-state index in [0.717, 1.165) is 17.6 Å². The molecule has 0 aromatic heterocycles. The van der Waals surface area contributed by atoms with Crippen LogP contribution in [0.1, 0.15) is 20.3 Å². The highest BCUT2D eigenvalue weighted by Crippen LogP contribution is 2.06. The van der Waals surface area contributed by atoms with Gasteiger partial charge in [0.05, 0.1) is 0 Å². The van der Waals surface area contributed by atoms with Gasteiger partial charge in [-0.1, -0.05) is 31.7 Å². The molecule has 0 fully saturated rings. The Kier molecular flexibility index (Phi) is 3.55. The van der Waals surface area contributed by atoms with Crippen LogP contribution in [0, 0.1) is 0 Å². The van der Waals surface area contributed by atoms with Crippen molar-refractivity contribution in [1.29, 1.82) is 0 Å². The predicted molar refractivity (Wildman–Crippen MR) is 46.5 cm³/mol. The fourth-order valence-electron chi connectivity index (χ4n) is 0.501. The van der Waals surface area contributed by atoms with Crippen molar-refractivity contribution in [2.24, 2.45) is 5.73 Å². The van der Waals surface area contributed by atoms with Crippen LogP contribution in [-0.4, -0.2) is 0 Å². The standard InChI is InChI=1S/C9H15N/c1-5-7(2)6-8(3)9(4)10/h6H,2,4-5,10H2,1,3H3/b8-6-. The minimum atomic E-state index is 0.620. The molecule has 10 heavy (non-hydrogen) atoms. The smallest absolute Gasteiger partial charge is 0.0270 e. The van der Waals surface area contributed by atoms with E-state index in [1.807, 2.05) is 13.0 Å². The Labute approximate surface area is 62.9 Å². The van der Waals surface area contributed by atoms with E-state index in [1.54, 1.807) is 0 Å². The van der Waals surface area contributed by atoms with Gasteiger partial charge in [0.2, 0.25) is 0 Å². The van der Waals surface area contributed by atoms with E-state index in [2.05, 4.69) is 20.1 Å². The van der Waals surface area contributed by atoms with Crippen LogP contribution in [0.4, 0.5) is 0 Å². The summed E-state index contributed by atoms with van der Waals surface area (Å²) >= 11 is 0. The van der Waals surface area contributed by atoms with E-state index < -0.39 is 0 Å². The molecule has 0 unspecified atom stereocenters. The number of allylic oxidation sites excluding steroid dienone is 3. The monoisotopic (exact) mass is 137 g/mol. The van der Waals surface area contributed by atoms with Crippen molar-refractivity contribution in [3.8, 4) is 0 Å². The fourth-order valence-corrected chi connectivity index (χ4v) is 0.501. The molecule has 0 spiro atoms. The van der Waals surface area contributed by atoms with E-state index in [1.165, 1.54) is 0 Å². The first-order chi connectivity index (χ1) is 4.57. The minimum Gasteiger partial charge on any atom is -0.399 e. The molecule has 1 nitrogen and oxygen atoms in total. The molecule has 0 saturated heterocycles. The zero-order valence-corrected chi connectivity index (χ0v) is 6.78. The molecular weight excluding hydrogens is 122 g/mol. The van der Waals surface area contributed by atoms with Crippen LogP contribution in [0.3, 0.4) is 0 Å². The first-order valence-electron chi connectivity index (χ1n) is 3.38. The summed E-state index contributed by atoms with van der Waals surface area (Å²) in [6.07, 6.45) is 2.92. The van der Waals surface area contributed by atoms with Crippen LogP contribution >= 0.6 is 0 Å². The quantitative estimate of drug-likeness (QED) is 0.594. The van der Waals surface area contributed by atoms with Crippen LogP contribution in [0.5, 0.6) is 0 Å². The lowest BCUT2D eigenvalue weighted by molar-refractivity contribution is 1.14. The van der Waals surface area contributed by atoms with Gasteiger partial charge in [-0.25, -0.2) is 0 Å². The molecule has 0 radical (unpaired) electrons. The molecule has 0 aliphatic heterocycles. The Morgan fingerprint density at radius 2 is 2.00 bits per heavy atom. The van der Waals surface area contributed by atoms with Crippen LogP contribution < -0.4 is 5.73 Å². The molecule has 0 amide bonds. The first-order valence-corrected chi connectivity index (χ1v) is 3.38. The highest BCUT2D eigenvalue weighted by atomic mass is 14.6. The molecule has 0 aromatic carbocycles. The van der Waals surface area contributed by atoms with E-state index in [4.69, 9.17) is 5.73 Å². The molecule has 0 rings (SSSR count). The molecule has 0 aliphatic rings. The van der Waals surface area contributed by atoms with Crippen molar-refractivity contribution in [2.45, 2.75) is 20.3 Å². The molecule has 0 aromatic rings. The summed E-state index contributed by atoms with van der Waals surface area (Å²) < 4.78 is 0. The third-order valence-corrected chi connectivity index (χ3v) is 1.38. The van der Waals surface area contributed by atoms with E-state index >= 15 is 0 Å². The highest BCUT2D eigenvalue weighted by Gasteiger charge is 1.89. The summed E-state index contributed by atoms with van der Waals surface area (Å²) in [5.74, 6) is 0. The summed E-state index contributed by atoms with van der Waals surface area (Å²) in [6, 6.07) is 0. The third kappa shape index (κ3) is 3.13. The summed E-state index contributed by atoms with van der Waals surface area (Å²) in [7, 11) is 0. The lowest BCUT2D eigenvalue weighted by Gasteiger charge is -1.99. The number of rotatable bonds is 3. The van der Waals surface area contributed by atoms with Gasteiger partial charge in [0.15, 0.2) is 0 Å². The number of hydrogen-bond acceptors (Lipinski definition) is 1. The van der Waals surface area contributed by atoms with Gasteiger partial charge in [-0.3, -0.25) is 0 Å². The normalized spacial score (nSPS) is 11.2. The van der Waals surface area contributed by atoms with Crippen molar-refractivity contribution >= 4 is 0 Å². The molecule has 1 heteroatoms. The predicted octanol–water partition coefficient (Wildman–Crippen LogP) is 2.37. The maximum Gasteiger partial charge on any atom is 0.0270 e. The van der Waals surface area contributed by atoms with Gasteiger partial charge >= 0.3 is 0 Å². The van der Waals surface area contributed by atoms with Crippen molar-refractivity contribution in [1.82, 2.24) is 0 Å². The van der Waals surface area contributed by atoms with Crippen molar-refractivity contribution < 1.29 is 0 Å². The summed E-state index contributed by atoms with van der Waals surface area (Å²) in [5, 5.41) is 0. The van der Waals surface area contributed by atoms with Crippen LogP contribution in [0.2, 0.25) is 0 Å².